The number of rotatable bonds is 1. The summed E-state index contributed by atoms with van der Waals surface area (Å²) in [7, 11) is 0. The van der Waals surface area contributed by atoms with E-state index in [2.05, 4.69) is 13.8 Å². The predicted molar refractivity (Wildman–Crippen MR) is 59.0 cm³/mol. The van der Waals surface area contributed by atoms with Crippen molar-refractivity contribution in [1.82, 2.24) is 5.06 Å². The van der Waals surface area contributed by atoms with Gasteiger partial charge < -0.3 is 10.6 Å². The Hall–Kier alpha value is -0.610. The summed E-state index contributed by atoms with van der Waals surface area (Å²) in [4.78, 5) is 16.4. The Balaban J connectivity index is 2.95. The third-order valence-corrected chi connectivity index (χ3v) is 3.27. The minimum Gasteiger partial charge on any atom is -0.367 e. The van der Waals surface area contributed by atoms with Gasteiger partial charge in [0.25, 0.3) is 0 Å². The molecule has 88 valence electrons. The van der Waals surface area contributed by atoms with E-state index in [9.17, 15) is 4.79 Å². The second-order valence-corrected chi connectivity index (χ2v) is 5.49. The fraction of sp³-hybridized carbons (Fsp3) is 0.909. The molecule has 1 unspecified atom stereocenters. The molecule has 4 nitrogen and oxygen atoms in total. The zero-order valence-corrected chi connectivity index (χ0v) is 10.3. The molecule has 0 aromatic carbocycles. The molecule has 1 aliphatic heterocycles. The van der Waals surface area contributed by atoms with Crippen molar-refractivity contribution >= 4 is 5.97 Å². The number of hydrogen-bond donors (Lipinski definition) is 1. The van der Waals surface area contributed by atoms with Crippen LogP contribution in [0, 0.1) is 0 Å². The first kappa shape index (κ1) is 12.5. The van der Waals surface area contributed by atoms with Crippen molar-refractivity contribution in [2.24, 2.45) is 5.73 Å². The van der Waals surface area contributed by atoms with E-state index in [0.717, 1.165) is 12.8 Å². The molecule has 0 aliphatic carbocycles. The number of nitrogens with two attached hydrogens (primary N) is 1. The van der Waals surface area contributed by atoms with Crippen LogP contribution in [0.1, 0.15) is 47.5 Å². The van der Waals surface area contributed by atoms with E-state index in [0.29, 0.717) is 0 Å². The molecule has 1 saturated heterocycles. The van der Waals surface area contributed by atoms with Gasteiger partial charge in [-0.3, -0.25) is 4.79 Å². The van der Waals surface area contributed by atoms with Gasteiger partial charge in [-0.25, -0.2) is 0 Å². The van der Waals surface area contributed by atoms with Crippen LogP contribution in [0.25, 0.3) is 0 Å². The zero-order valence-electron chi connectivity index (χ0n) is 10.3. The van der Waals surface area contributed by atoms with Gasteiger partial charge in [0.2, 0.25) is 0 Å². The number of nitrogens with zero attached hydrogens (tertiary/aromatic N) is 1. The molecular weight excluding hydrogens is 192 g/mol. The quantitative estimate of drug-likeness (QED) is 0.717. The van der Waals surface area contributed by atoms with Crippen molar-refractivity contribution in [3.8, 4) is 0 Å². The van der Waals surface area contributed by atoms with E-state index in [-0.39, 0.29) is 23.1 Å². The average molecular weight is 214 g/mol. The van der Waals surface area contributed by atoms with Gasteiger partial charge in [-0.15, -0.1) is 5.06 Å². The van der Waals surface area contributed by atoms with Crippen LogP contribution in [0.3, 0.4) is 0 Å². The van der Waals surface area contributed by atoms with E-state index in [1.807, 2.05) is 13.8 Å². The Kier molecular flexibility index (Phi) is 3.12. The van der Waals surface area contributed by atoms with Gasteiger partial charge >= 0.3 is 5.97 Å². The molecule has 1 atom stereocenters. The first-order valence-electron chi connectivity index (χ1n) is 5.42. The summed E-state index contributed by atoms with van der Waals surface area (Å²) in [6.45, 7) is 9.60. The number of carbonyl (C=O) groups excluding carboxylic acids is 1. The van der Waals surface area contributed by atoms with Crippen molar-refractivity contribution < 1.29 is 9.63 Å². The monoisotopic (exact) mass is 214 g/mol. The maximum Gasteiger partial charge on any atom is 0.322 e. The van der Waals surface area contributed by atoms with E-state index in [1.54, 1.807) is 5.06 Å². The summed E-state index contributed by atoms with van der Waals surface area (Å²) in [5.74, 6) is -0.287. The minimum absolute atomic E-state index is 0.0323. The highest BCUT2D eigenvalue weighted by atomic mass is 16.7. The lowest BCUT2D eigenvalue weighted by Crippen LogP contribution is -2.66. The summed E-state index contributed by atoms with van der Waals surface area (Å²) in [6, 6.07) is 0.0323. The van der Waals surface area contributed by atoms with Crippen LogP contribution in [0.4, 0.5) is 0 Å². The number of hydrogen-bond acceptors (Lipinski definition) is 4. The molecule has 1 rings (SSSR count). The van der Waals surface area contributed by atoms with Gasteiger partial charge in [0.15, 0.2) is 0 Å². The highest BCUT2D eigenvalue weighted by Gasteiger charge is 2.48. The van der Waals surface area contributed by atoms with Crippen molar-refractivity contribution in [1.29, 1.82) is 0 Å². The highest BCUT2D eigenvalue weighted by Crippen LogP contribution is 2.37. The first-order valence-corrected chi connectivity index (χ1v) is 5.42. The van der Waals surface area contributed by atoms with Gasteiger partial charge in [-0.2, -0.15) is 0 Å². The maximum atomic E-state index is 11.1. The summed E-state index contributed by atoms with van der Waals surface area (Å²) in [6.07, 6.45) is 1.89. The first-order chi connectivity index (χ1) is 6.68. The molecule has 1 heterocycles. The molecule has 0 bridgehead atoms. The summed E-state index contributed by atoms with van der Waals surface area (Å²) < 4.78 is 0. The van der Waals surface area contributed by atoms with Crippen LogP contribution < -0.4 is 5.73 Å². The molecule has 0 saturated carbocycles. The average Bonchev–Trinajstić information content (AvgIpc) is 2.07. The molecule has 0 radical (unpaired) electrons. The largest absolute Gasteiger partial charge is 0.367 e. The molecule has 0 spiro atoms. The topological polar surface area (TPSA) is 55.6 Å². The van der Waals surface area contributed by atoms with Crippen molar-refractivity contribution in [3.05, 3.63) is 0 Å². The second-order valence-electron chi connectivity index (χ2n) is 5.49. The van der Waals surface area contributed by atoms with E-state index >= 15 is 0 Å². The molecule has 0 aromatic rings. The molecule has 1 fully saturated rings. The van der Waals surface area contributed by atoms with Gasteiger partial charge in [0.1, 0.15) is 0 Å². The normalized spacial score (nSPS) is 29.9. The fourth-order valence-electron chi connectivity index (χ4n) is 2.26. The minimum atomic E-state index is -0.312. The molecule has 15 heavy (non-hydrogen) atoms. The molecule has 0 amide bonds. The number of hydroxylamine groups is 2. The Morgan fingerprint density at radius 2 is 1.93 bits per heavy atom. The smallest absolute Gasteiger partial charge is 0.322 e. The van der Waals surface area contributed by atoms with Crippen molar-refractivity contribution in [2.45, 2.75) is 64.6 Å². The third-order valence-electron chi connectivity index (χ3n) is 3.27. The number of carbonyl (C=O) groups is 1. The Morgan fingerprint density at radius 3 is 2.40 bits per heavy atom. The van der Waals surface area contributed by atoms with Gasteiger partial charge in [0, 0.05) is 13.0 Å². The highest BCUT2D eigenvalue weighted by molar-refractivity contribution is 5.65. The van der Waals surface area contributed by atoms with Crippen LogP contribution in [0.2, 0.25) is 0 Å². The van der Waals surface area contributed by atoms with Crippen molar-refractivity contribution in [2.75, 3.05) is 0 Å². The Bertz CT molecular complexity index is 261. The predicted octanol–water partition coefficient (Wildman–Crippen LogP) is 1.44. The van der Waals surface area contributed by atoms with Gasteiger partial charge in [0.05, 0.1) is 11.1 Å². The van der Waals surface area contributed by atoms with Crippen LogP contribution in [-0.4, -0.2) is 28.2 Å². The van der Waals surface area contributed by atoms with Gasteiger partial charge in [-0.05, 0) is 40.5 Å². The van der Waals surface area contributed by atoms with Crippen LogP contribution in [-0.2, 0) is 9.63 Å². The molecule has 0 aromatic heterocycles. The standard InChI is InChI=1S/C11H22N2O2/c1-8(14)15-13-10(2,3)7-6-9(12)11(13,4)5/h9H,6-7,12H2,1-5H3. The Labute approximate surface area is 91.7 Å². The van der Waals surface area contributed by atoms with Gasteiger partial charge in [-0.1, -0.05) is 0 Å². The fourth-order valence-corrected chi connectivity index (χ4v) is 2.26. The zero-order chi connectivity index (χ0) is 11.9. The lowest BCUT2D eigenvalue weighted by atomic mass is 9.79. The molecule has 1 aliphatic rings. The van der Waals surface area contributed by atoms with Crippen LogP contribution in [0.5, 0.6) is 0 Å². The summed E-state index contributed by atoms with van der Waals surface area (Å²) in [5.41, 5.74) is 5.61. The molecule has 4 heteroatoms. The lowest BCUT2D eigenvalue weighted by molar-refractivity contribution is -0.267. The Morgan fingerprint density at radius 1 is 1.40 bits per heavy atom. The SMILES string of the molecule is CC(=O)ON1C(C)(C)CCC(N)C1(C)C. The lowest BCUT2D eigenvalue weighted by Gasteiger charge is -2.53. The van der Waals surface area contributed by atoms with Crippen LogP contribution >= 0.6 is 0 Å². The van der Waals surface area contributed by atoms with Crippen LogP contribution in [0.15, 0.2) is 0 Å². The summed E-state index contributed by atoms with van der Waals surface area (Å²) >= 11 is 0. The molecular formula is C11H22N2O2. The van der Waals surface area contributed by atoms with E-state index in [4.69, 9.17) is 10.6 Å². The maximum absolute atomic E-state index is 11.1. The molecule has 2 N–H and O–H groups in total. The van der Waals surface area contributed by atoms with E-state index < -0.39 is 0 Å². The number of piperidine rings is 1. The second kappa shape index (κ2) is 3.76. The van der Waals surface area contributed by atoms with E-state index in [1.165, 1.54) is 6.92 Å². The third kappa shape index (κ3) is 2.32. The van der Waals surface area contributed by atoms with Crippen molar-refractivity contribution in [3.63, 3.8) is 0 Å². The summed E-state index contributed by atoms with van der Waals surface area (Å²) in [5, 5.41) is 1.76.